The van der Waals surface area contributed by atoms with Crippen molar-refractivity contribution in [2.45, 2.75) is 19.6 Å². The Labute approximate surface area is 141 Å². The number of urea groups is 1. The van der Waals surface area contributed by atoms with Gasteiger partial charge >= 0.3 is 18.6 Å². The zero-order valence-corrected chi connectivity index (χ0v) is 13.4. The zero-order chi connectivity index (χ0) is 17.7. The van der Waals surface area contributed by atoms with Crippen LogP contribution in [0.25, 0.3) is 0 Å². The molecule has 0 aliphatic carbocycles. The van der Waals surface area contributed by atoms with Crippen LogP contribution < -0.4 is 15.4 Å². The monoisotopic (exact) mass is 360 g/mol. The number of rotatable bonds is 6. The van der Waals surface area contributed by atoms with Crippen LogP contribution in [0.4, 0.5) is 13.6 Å². The molecule has 1 atom stereocenters. The van der Waals surface area contributed by atoms with Crippen LogP contribution in [0.15, 0.2) is 35.5 Å². The molecule has 0 aromatic heterocycles. The number of benzene rings is 1. The maximum Gasteiger partial charge on any atom is 0.387 e. The number of carbonyl (C=O) groups excluding carboxylic acids is 2. The Morgan fingerprint density at radius 1 is 1.38 bits per heavy atom. The highest BCUT2D eigenvalue weighted by Crippen LogP contribution is 2.34. The van der Waals surface area contributed by atoms with Crippen molar-refractivity contribution in [2.24, 2.45) is 0 Å². The molecule has 24 heavy (non-hydrogen) atoms. The molecular weight excluding hydrogens is 346 g/mol. The Kier molecular flexibility index (Phi) is 5.97. The molecule has 0 saturated carbocycles. The SMILES string of the molecule is CCOC(=O)C1=C(CCl)NC(=O)NC1c1ccccc1OC(F)F. The standard InChI is InChI=1S/C15H15ClF2N2O4/c1-2-23-13(21)11-9(7-16)19-15(22)20-12(11)8-5-3-4-6-10(8)24-14(17)18/h3-6,12,14H,2,7H2,1H3,(H2,19,20,22). The summed E-state index contributed by atoms with van der Waals surface area (Å²) in [6.45, 7) is -1.32. The van der Waals surface area contributed by atoms with Crippen LogP contribution in [0.1, 0.15) is 18.5 Å². The van der Waals surface area contributed by atoms with Crippen molar-refractivity contribution in [3.05, 3.63) is 41.1 Å². The number of nitrogens with one attached hydrogen (secondary N) is 2. The van der Waals surface area contributed by atoms with Gasteiger partial charge in [-0.1, -0.05) is 18.2 Å². The Hall–Kier alpha value is -2.35. The van der Waals surface area contributed by atoms with Crippen molar-refractivity contribution in [1.82, 2.24) is 10.6 Å². The molecule has 0 spiro atoms. The summed E-state index contributed by atoms with van der Waals surface area (Å²) in [5.41, 5.74) is 0.380. The molecule has 0 fully saturated rings. The van der Waals surface area contributed by atoms with Crippen molar-refractivity contribution in [3.63, 3.8) is 0 Å². The number of carbonyl (C=O) groups is 2. The third-order valence-corrected chi connectivity index (χ3v) is 3.50. The van der Waals surface area contributed by atoms with E-state index in [4.69, 9.17) is 16.3 Å². The molecule has 1 aromatic carbocycles. The number of para-hydroxylation sites is 1. The first kappa shape index (κ1) is 18.0. The molecule has 2 rings (SSSR count). The van der Waals surface area contributed by atoms with Crippen molar-refractivity contribution in [2.75, 3.05) is 12.5 Å². The highest BCUT2D eigenvalue weighted by atomic mass is 35.5. The van der Waals surface area contributed by atoms with E-state index in [0.29, 0.717) is 0 Å². The summed E-state index contributed by atoms with van der Waals surface area (Å²) in [5, 5.41) is 4.93. The summed E-state index contributed by atoms with van der Waals surface area (Å²) < 4.78 is 34.7. The van der Waals surface area contributed by atoms with Gasteiger partial charge in [-0.15, -0.1) is 11.6 Å². The number of alkyl halides is 3. The maximum atomic E-state index is 12.6. The summed E-state index contributed by atoms with van der Waals surface area (Å²) in [4.78, 5) is 24.1. The van der Waals surface area contributed by atoms with Crippen molar-refractivity contribution in [3.8, 4) is 5.75 Å². The van der Waals surface area contributed by atoms with E-state index in [2.05, 4.69) is 15.4 Å². The first-order valence-corrected chi connectivity index (χ1v) is 7.58. The lowest BCUT2D eigenvalue weighted by Gasteiger charge is -2.29. The number of hydrogen-bond donors (Lipinski definition) is 2. The van der Waals surface area contributed by atoms with Crippen molar-refractivity contribution < 1.29 is 27.8 Å². The van der Waals surface area contributed by atoms with Crippen LogP contribution in [-0.2, 0) is 9.53 Å². The number of amides is 2. The Balaban J connectivity index is 2.53. The van der Waals surface area contributed by atoms with Crippen molar-refractivity contribution in [1.29, 1.82) is 0 Å². The van der Waals surface area contributed by atoms with Crippen LogP contribution in [0.5, 0.6) is 5.75 Å². The Morgan fingerprint density at radius 2 is 2.08 bits per heavy atom. The van der Waals surface area contributed by atoms with Gasteiger partial charge in [0.05, 0.1) is 24.1 Å². The first-order valence-electron chi connectivity index (χ1n) is 7.05. The van der Waals surface area contributed by atoms with E-state index in [9.17, 15) is 18.4 Å². The molecule has 1 heterocycles. The molecule has 1 aliphatic rings. The molecule has 2 N–H and O–H groups in total. The van der Waals surface area contributed by atoms with Gasteiger partial charge < -0.3 is 20.1 Å². The predicted molar refractivity (Wildman–Crippen MR) is 81.9 cm³/mol. The molecule has 0 bridgehead atoms. The van der Waals surface area contributed by atoms with Gasteiger partial charge in [-0.2, -0.15) is 8.78 Å². The number of ether oxygens (including phenoxy) is 2. The molecule has 1 unspecified atom stereocenters. The highest BCUT2D eigenvalue weighted by molar-refractivity contribution is 6.20. The largest absolute Gasteiger partial charge is 0.463 e. The van der Waals surface area contributed by atoms with E-state index in [-0.39, 0.29) is 35.1 Å². The van der Waals surface area contributed by atoms with Gasteiger partial charge in [0.2, 0.25) is 0 Å². The minimum Gasteiger partial charge on any atom is -0.463 e. The summed E-state index contributed by atoms with van der Waals surface area (Å²) in [5.74, 6) is -1.02. The van der Waals surface area contributed by atoms with Crippen LogP contribution in [-0.4, -0.2) is 31.1 Å². The van der Waals surface area contributed by atoms with E-state index in [1.807, 2.05) is 0 Å². The van der Waals surface area contributed by atoms with Crippen LogP contribution >= 0.6 is 11.6 Å². The summed E-state index contributed by atoms with van der Waals surface area (Å²) in [6.07, 6.45) is 0. The number of allylic oxidation sites excluding steroid dienone is 1. The lowest BCUT2D eigenvalue weighted by atomic mass is 9.95. The Morgan fingerprint density at radius 3 is 2.71 bits per heavy atom. The molecule has 1 aliphatic heterocycles. The minimum absolute atomic E-state index is 0.0387. The second kappa shape index (κ2) is 7.96. The van der Waals surface area contributed by atoms with E-state index < -0.39 is 24.7 Å². The fourth-order valence-corrected chi connectivity index (χ4v) is 2.54. The molecule has 1 aromatic rings. The lowest BCUT2D eigenvalue weighted by Crippen LogP contribution is -2.46. The normalized spacial score (nSPS) is 17.4. The molecular formula is C15H15ClF2N2O4. The maximum absolute atomic E-state index is 12.6. The van der Waals surface area contributed by atoms with Crippen LogP contribution in [0.2, 0.25) is 0 Å². The molecule has 0 radical (unpaired) electrons. The van der Waals surface area contributed by atoms with E-state index in [1.165, 1.54) is 18.2 Å². The fraction of sp³-hybridized carbons (Fsp3) is 0.333. The lowest BCUT2D eigenvalue weighted by molar-refractivity contribution is -0.139. The zero-order valence-electron chi connectivity index (χ0n) is 12.6. The smallest absolute Gasteiger partial charge is 0.387 e. The third kappa shape index (κ3) is 3.94. The van der Waals surface area contributed by atoms with Crippen LogP contribution in [0.3, 0.4) is 0 Å². The highest BCUT2D eigenvalue weighted by Gasteiger charge is 2.35. The van der Waals surface area contributed by atoms with E-state index in [1.54, 1.807) is 13.0 Å². The minimum atomic E-state index is -3.05. The van der Waals surface area contributed by atoms with Gasteiger partial charge in [0, 0.05) is 11.3 Å². The quantitative estimate of drug-likeness (QED) is 0.604. The molecule has 6 nitrogen and oxygen atoms in total. The van der Waals surface area contributed by atoms with Crippen molar-refractivity contribution >= 4 is 23.6 Å². The van der Waals surface area contributed by atoms with Gasteiger partial charge in [-0.05, 0) is 13.0 Å². The topological polar surface area (TPSA) is 76.7 Å². The summed E-state index contributed by atoms with van der Waals surface area (Å²) in [6, 6.07) is 4.22. The van der Waals surface area contributed by atoms with Gasteiger partial charge in [0.25, 0.3) is 0 Å². The molecule has 9 heteroatoms. The van der Waals surface area contributed by atoms with E-state index in [0.717, 1.165) is 0 Å². The average Bonchev–Trinajstić information content (AvgIpc) is 2.54. The van der Waals surface area contributed by atoms with Gasteiger partial charge in [-0.25, -0.2) is 9.59 Å². The first-order chi connectivity index (χ1) is 11.5. The van der Waals surface area contributed by atoms with Gasteiger partial charge in [-0.3, -0.25) is 0 Å². The number of hydrogen-bond acceptors (Lipinski definition) is 4. The molecule has 0 saturated heterocycles. The van der Waals surface area contributed by atoms with Gasteiger partial charge in [0.15, 0.2) is 0 Å². The fourth-order valence-electron chi connectivity index (χ4n) is 2.33. The predicted octanol–water partition coefficient (Wildman–Crippen LogP) is 2.70. The second-order valence-corrected chi connectivity index (χ2v) is 4.96. The summed E-state index contributed by atoms with van der Waals surface area (Å²) >= 11 is 5.80. The number of esters is 1. The molecule has 130 valence electrons. The van der Waals surface area contributed by atoms with E-state index >= 15 is 0 Å². The average molecular weight is 361 g/mol. The second-order valence-electron chi connectivity index (χ2n) is 4.69. The third-order valence-electron chi connectivity index (χ3n) is 3.23. The van der Waals surface area contributed by atoms with Gasteiger partial charge in [0.1, 0.15) is 5.75 Å². The Bertz CT molecular complexity index is 667. The summed E-state index contributed by atoms with van der Waals surface area (Å²) in [7, 11) is 0. The number of halogens is 3. The molecule has 2 amide bonds. The van der Waals surface area contributed by atoms with Crippen LogP contribution in [0, 0.1) is 0 Å².